The molecule has 0 heterocycles. The number of likely N-dealkylation sites (N-methyl/N-ethyl adjacent to an activating group) is 1. The summed E-state index contributed by atoms with van der Waals surface area (Å²) in [6.07, 6.45) is 8.11. The van der Waals surface area contributed by atoms with Crippen molar-refractivity contribution in [1.82, 2.24) is 10.6 Å². The Bertz CT molecular complexity index is 222. The molecule has 1 saturated carbocycles. The molecule has 0 saturated heterocycles. The maximum absolute atomic E-state index is 11.7. The lowest BCUT2D eigenvalue weighted by Gasteiger charge is -2.26. The molecule has 0 aromatic carbocycles. The van der Waals surface area contributed by atoms with Crippen molar-refractivity contribution in [3.63, 3.8) is 0 Å². The smallest absolute Gasteiger partial charge is 0.236 e. The highest BCUT2D eigenvalue weighted by molar-refractivity contribution is 5.81. The molecule has 1 aliphatic carbocycles. The van der Waals surface area contributed by atoms with Crippen LogP contribution < -0.4 is 10.6 Å². The highest BCUT2D eigenvalue weighted by atomic mass is 16.2. The second kappa shape index (κ2) is 7.70. The van der Waals surface area contributed by atoms with E-state index in [9.17, 15) is 4.79 Å². The quantitative estimate of drug-likeness (QED) is 0.725. The van der Waals surface area contributed by atoms with Gasteiger partial charge in [-0.1, -0.05) is 25.7 Å². The first-order valence-electron chi connectivity index (χ1n) is 7.19. The first-order valence-corrected chi connectivity index (χ1v) is 7.19. The summed E-state index contributed by atoms with van der Waals surface area (Å²) < 4.78 is 0. The van der Waals surface area contributed by atoms with Crippen molar-refractivity contribution in [2.24, 2.45) is 5.92 Å². The van der Waals surface area contributed by atoms with Gasteiger partial charge in [-0.2, -0.15) is 0 Å². The van der Waals surface area contributed by atoms with Gasteiger partial charge in [-0.15, -0.1) is 0 Å². The van der Waals surface area contributed by atoms with Crippen LogP contribution in [0, 0.1) is 5.92 Å². The minimum atomic E-state index is -0.0757. The van der Waals surface area contributed by atoms with Crippen molar-refractivity contribution in [2.45, 2.75) is 71.4 Å². The van der Waals surface area contributed by atoms with Gasteiger partial charge in [0, 0.05) is 12.6 Å². The lowest BCUT2D eigenvalue weighted by Crippen LogP contribution is -2.47. The standard InChI is InChI=1S/C14H28N2O/c1-4-15-14(17)12(3)16-11(2)13-9-7-5-6-8-10-13/h11-13,16H,4-10H2,1-3H3,(H,15,17)/t11-,12?/m0/s1. The van der Waals surface area contributed by atoms with Crippen molar-refractivity contribution in [3.8, 4) is 0 Å². The molecule has 1 rings (SSSR count). The summed E-state index contributed by atoms with van der Waals surface area (Å²) in [7, 11) is 0. The van der Waals surface area contributed by atoms with E-state index in [1.807, 2.05) is 13.8 Å². The van der Waals surface area contributed by atoms with E-state index >= 15 is 0 Å². The Morgan fingerprint density at radius 2 is 1.76 bits per heavy atom. The summed E-state index contributed by atoms with van der Waals surface area (Å²) >= 11 is 0. The fraction of sp³-hybridized carbons (Fsp3) is 0.929. The summed E-state index contributed by atoms with van der Waals surface area (Å²) in [5, 5.41) is 6.31. The molecule has 0 aromatic heterocycles. The van der Waals surface area contributed by atoms with Gasteiger partial charge < -0.3 is 10.6 Å². The molecular formula is C14H28N2O. The third-order valence-electron chi connectivity index (χ3n) is 3.86. The van der Waals surface area contributed by atoms with Crippen molar-refractivity contribution >= 4 is 5.91 Å². The Kier molecular flexibility index (Phi) is 6.56. The van der Waals surface area contributed by atoms with E-state index in [0.29, 0.717) is 12.6 Å². The van der Waals surface area contributed by atoms with E-state index in [1.54, 1.807) is 0 Å². The number of nitrogens with one attached hydrogen (secondary N) is 2. The van der Waals surface area contributed by atoms with Gasteiger partial charge in [0.15, 0.2) is 0 Å². The summed E-state index contributed by atoms with van der Waals surface area (Å²) in [6.45, 7) is 6.85. The zero-order valence-electron chi connectivity index (χ0n) is 11.6. The van der Waals surface area contributed by atoms with Gasteiger partial charge in [0.05, 0.1) is 6.04 Å². The maximum atomic E-state index is 11.7. The van der Waals surface area contributed by atoms with Crippen molar-refractivity contribution < 1.29 is 4.79 Å². The van der Waals surface area contributed by atoms with Crippen LogP contribution in [0.2, 0.25) is 0 Å². The van der Waals surface area contributed by atoms with Crippen LogP contribution in [0.25, 0.3) is 0 Å². The first-order chi connectivity index (χ1) is 8.15. The zero-order valence-corrected chi connectivity index (χ0v) is 11.6. The van der Waals surface area contributed by atoms with E-state index in [0.717, 1.165) is 5.92 Å². The second-order valence-corrected chi connectivity index (χ2v) is 5.32. The molecule has 0 spiro atoms. The molecule has 2 atom stereocenters. The Morgan fingerprint density at radius 3 is 2.29 bits per heavy atom. The third-order valence-corrected chi connectivity index (χ3v) is 3.86. The lowest BCUT2D eigenvalue weighted by molar-refractivity contribution is -0.122. The predicted molar refractivity (Wildman–Crippen MR) is 71.9 cm³/mol. The summed E-state index contributed by atoms with van der Waals surface area (Å²) in [6, 6.07) is 0.374. The molecule has 0 aromatic rings. The number of hydrogen-bond acceptors (Lipinski definition) is 2. The molecule has 0 radical (unpaired) electrons. The van der Waals surface area contributed by atoms with Crippen molar-refractivity contribution in [2.75, 3.05) is 6.54 Å². The van der Waals surface area contributed by atoms with Gasteiger partial charge in [0.1, 0.15) is 0 Å². The Balaban J connectivity index is 2.35. The number of carbonyl (C=O) groups excluding carboxylic acids is 1. The Morgan fingerprint density at radius 1 is 1.18 bits per heavy atom. The fourth-order valence-corrected chi connectivity index (χ4v) is 2.74. The highest BCUT2D eigenvalue weighted by Crippen LogP contribution is 2.25. The van der Waals surface area contributed by atoms with Gasteiger partial charge in [0.2, 0.25) is 5.91 Å². The monoisotopic (exact) mass is 240 g/mol. The molecular weight excluding hydrogens is 212 g/mol. The molecule has 0 aliphatic heterocycles. The third kappa shape index (κ3) is 5.07. The minimum Gasteiger partial charge on any atom is -0.355 e. The summed E-state index contributed by atoms with van der Waals surface area (Å²) in [4.78, 5) is 11.7. The predicted octanol–water partition coefficient (Wildman–Crippen LogP) is 2.46. The van der Waals surface area contributed by atoms with Gasteiger partial charge in [0.25, 0.3) is 0 Å². The Hall–Kier alpha value is -0.570. The SMILES string of the molecule is CCNC(=O)C(C)N[C@@H](C)C1CCCCCC1. The zero-order chi connectivity index (χ0) is 12.7. The minimum absolute atomic E-state index is 0.0757. The number of hydrogen-bond donors (Lipinski definition) is 2. The van der Waals surface area contributed by atoms with Crippen LogP contribution in [0.15, 0.2) is 0 Å². The van der Waals surface area contributed by atoms with E-state index in [-0.39, 0.29) is 11.9 Å². The van der Waals surface area contributed by atoms with E-state index in [1.165, 1.54) is 38.5 Å². The van der Waals surface area contributed by atoms with Crippen LogP contribution in [0.5, 0.6) is 0 Å². The summed E-state index contributed by atoms with van der Waals surface area (Å²) in [5.74, 6) is 0.863. The molecule has 100 valence electrons. The molecule has 1 unspecified atom stereocenters. The van der Waals surface area contributed by atoms with Crippen LogP contribution in [0.4, 0.5) is 0 Å². The second-order valence-electron chi connectivity index (χ2n) is 5.32. The fourth-order valence-electron chi connectivity index (χ4n) is 2.74. The van der Waals surface area contributed by atoms with Crippen molar-refractivity contribution in [3.05, 3.63) is 0 Å². The van der Waals surface area contributed by atoms with E-state index < -0.39 is 0 Å². The maximum Gasteiger partial charge on any atom is 0.236 e. The normalized spacial score (nSPS) is 21.6. The molecule has 3 nitrogen and oxygen atoms in total. The molecule has 2 N–H and O–H groups in total. The van der Waals surface area contributed by atoms with Gasteiger partial charge in [-0.25, -0.2) is 0 Å². The molecule has 3 heteroatoms. The number of amides is 1. The number of rotatable bonds is 5. The molecule has 1 aliphatic rings. The van der Waals surface area contributed by atoms with Crippen molar-refractivity contribution in [1.29, 1.82) is 0 Å². The highest BCUT2D eigenvalue weighted by Gasteiger charge is 2.22. The van der Waals surface area contributed by atoms with E-state index in [2.05, 4.69) is 17.6 Å². The van der Waals surface area contributed by atoms with Crippen LogP contribution in [-0.2, 0) is 4.79 Å². The van der Waals surface area contributed by atoms with Crippen LogP contribution in [-0.4, -0.2) is 24.5 Å². The molecule has 17 heavy (non-hydrogen) atoms. The molecule has 0 bridgehead atoms. The largest absolute Gasteiger partial charge is 0.355 e. The van der Waals surface area contributed by atoms with Gasteiger partial charge >= 0.3 is 0 Å². The Labute approximate surface area is 106 Å². The van der Waals surface area contributed by atoms with Crippen LogP contribution in [0.1, 0.15) is 59.3 Å². The van der Waals surface area contributed by atoms with Gasteiger partial charge in [-0.3, -0.25) is 4.79 Å². The average molecular weight is 240 g/mol. The summed E-state index contributed by atoms with van der Waals surface area (Å²) in [5.41, 5.74) is 0. The van der Waals surface area contributed by atoms with Crippen LogP contribution in [0.3, 0.4) is 0 Å². The van der Waals surface area contributed by atoms with E-state index in [4.69, 9.17) is 0 Å². The van der Waals surface area contributed by atoms with Gasteiger partial charge in [-0.05, 0) is 39.5 Å². The first kappa shape index (κ1) is 14.5. The van der Waals surface area contributed by atoms with Crippen LogP contribution >= 0.6 is 0 Å². The average Bonchev–Trinajstić information content (AvgIpc) is 2.57. The molecule has 1 amide bonds. The topological polar surface area (TPSA) is 41.1 Å². The molecule has 1 fully saturated rings. The lowest BCUT2D eigenvalue weighted by atomic mass is 9.92. The number of carbonyl (C=O) groups is 1.